The summed E-state index contributed by atoms with van der Waals surface area (Å²) in [6, 6.07) is 0. The number of aliphatic hydroxyl groups excluding tert-OH is 1. The Labute approximate surface area is 87.3 Å². The van der Waals surface area contributed by atoms with E-state index in [4.69, 9.17) is 9.84 Å². The van der Waals surface area contributed by atoms with Crippen LogP contribution in [0.25, 0.3) is 0 Å². The Morgan fingerprint density at radius 2 is 1.71 bits per heavy atom. The molecule has 0 amide bonds. The van der Waals surface area contributed by atoms with E-state index in [1.807, 2.05) is 13.0 Å². The first-order valence-electron chi connectivity index (χ1n) is 5.44. The van der Waals surface area contributed by atoms with Crippen LogP contribution >= 0.6 is 0 Å². The van der Waals surface area contributed by atoms with E-state index in [0.29, 0.717) is 6.61 Å². The normalized spacial score (nSPS) is 11.6. The maximum absolute atomic E-state index is 8.54. The molecule has 0 aliphatic heterocycles. The number of aliphatic hydroxyl groups is 1. The van der Waals surface area contributed by atoms with Crippen LogP contribution in [0.15, 0.2) is 24.5 Å². The summed E-state index contributed by atoms with van der Waals surface area (Å²) in [5, 5.41) is 8.54. The Kier molecular flexibility index (Phi) is 11.6. The van der Waals surface area contributed by atoms with Crippen molar-refractivity contribution in [1.82, 2.24) is 0 Å². The van der Waals surface area contributed by atoms with Crippen LogP contribution in [-0.2, 0) is 4.74 Å². The minimum Gasteiger partial charge on any atom is -0.502 e. The Morgan fingerprint density at radius 3 is 2.43 bits per heavy atom. The zero-order valence-corrected chi connectivity index (χ0v) is 9.11. The van der Waals surface area contributed by atoms with E-state index in [2.05, 4.69) is 12.2 Å². The van der Waals surface area contributed by atoms with Crippen molar-refractivity contribution in [1.29, 1.82) is 0 Å². The van der Waals surface area contributed by atoms with Gasteiger partial charge in [0, 0.05) is 6.61 Å². The third kappa shape index (κ3) is 11.2. The molecule has 0 spiro atoms. The Hall–Kier alpha value is -0.760. The fraction of sp³-hybridized carbons (Fsp3) is 0.667. The third-order valence-electron chi connectivity index (χ3n) is 1.80. The lowest BCUT2D eigenvalue weighted by molar-refractivity contribution is 0.268. The highest BCUT2D eigenvalue weighted by Gasteiger charge is 1.82. The van der Waals surface area contributed by atoms with E-state index >= 15 is 0 Å². The summed E-state index contributed by atoms with van der Waals surface area (Å²) in [4.78, 5) is 0. The van der Waals surface area contributed by atoms with Crippen molar-refractivity contribution in [2.24, 2.45) is 0 Å². The van der Waals surface area contributed by atoms with Gasteiger partial charge in [-0.05, 0) is 45.1 Å². The molecule has 0 aromatic rings. The molecule has 0 heterocycles. The predicted octanol–water partition coefficient (Wildman–Crippen LogP) is 3.04. The van der Waals surface area contributed by atoms with E-state index in [1.165, 1.54) is 0 Å². The van der Waals surface area contributed by atoms with Crippen LogP contribution in [0.4, 0.5) is 0 Å². The van der Waals surface area contributed by atoms with Gasteiger partial charge in [-0.25, -0.2) is 0 Å². The molecule has 2 nitrogen and oxygen atoms in total. The SMILES string of the molecule is CCO/C=C\CC/C=C\CCCCO. The molecule has 0 saturated heterocycles. The molecule has 0 atom stereocenters. The van der Waals surface area contributed by atoms with Crippen molar-refractivity contribution < 1.29 is 9.84 Å². The first kappa shape index (κ1) is 13.2. The first-order chi connectivity index (χ1) is 6.91. The molecule has 0 bridgehead atoms. The summed E-state index contributed by atoms with van der Waals surface area (Å²) < 4.78 is 5.06. The van der Waals surface area contributed by atoms with Gasteiger partial charge in [-0.15, -0.1) is 0 Å². The Bertz CT molecular complexity index is 150. The van der Waals surface area contributed by atoms with Crippen molar-refractivity contribution in [3.05, 3.63) is 24.5 Å². The van der Waals surface area contributed by atoms with Gasteiger partial charge < -0.3 is 9.84 Å². The Balaban J connectivity index is 3.10. The number of hydrogen-bond donors (Lipinski definition) is 1. The zero-order valence-electron chi connectivity index (χ0n) is 9.11. The summed E-state index contributed by atoms with van der Waals surface area (Å²) in [6.45, 7) is 3.03. The number of unbranched alkanes of at least 4 members (excludes halogenated alkanes) is 3. The second-order valence-electron chi connectivity index (χ2n) is 3.10. The van der Waals surface area contributed by atoms with Crippen molar-refractivity contribution in [3.63, 3.8) is 0 Å². The number of hydrogen-bond acceptors (Lipinski definition) is 2. The van der Waals surface area contributed by atoms with Crippen LogP contribution in [0.3, 0.4) is 0 Å². The highest BCUT2D eigenvalue weighted by Crippen LogP contribution is 1.98. The lowest BCUT2D eigenvalue weighted by Crippen LogP contribution is -1.80. The highest BCUT2D eigenvalue weighted by atomic mass is 16.5. The van der Waals surface area contributed by atoms with Crippen LogP contribution < -0.4 is 0 Å². The summed E-state index contributed by atoms with van der Waals surface area (Å²) >= 11 is 0. The van der Waals surface area contributed by atoms with Crippen LogP contribution in [0.5, 0.6) is 0 Å². The van der Waals surface area contributed by atoms with Gasteiger partial charge in [-0.1, -0.05) is 12.2 Å². The molecule has 0 fully saturated rings. The van der Waals surface area contributed by atoms with E-state index in [1.54, 1.807) is 6.26 Å². The van der Waals surface area contributed by atoms with Crippen LogP contribution in [0, 0.1) is 0 Å². The maximum atomic E-state index is 8.54. The number of allylic oxidation sites excluding steroid dienone is 3. The number of rotatable bonds is 9. The highest BCUT2D eigenvalue weighted by molar-refractivity contribution is 4.85. The molecule has 1 N–H and O–H groups in total. The average molecular weight is 198 g/mol. The lowest BCUT2D eigenvalue weighted by Gasteiger charge is -1.92. The smallest absolute Gasteiger partial charge is 0.0845 e. The molecular formula is C12H22O2. The predicted molar refractivity (Wildman–Crippen MR) is 60.1 cm³/mol. The molecule has 0 saturated carbocycles. The minimum atomic E-state index is 0.310. The fourth-order valence-electron chi connectivity index (χ4n) is 1.03. The largest absolute Gasteiger partial charge is 0.502 e. The summed E-state index contributed by atoms with van der Waals surface area (Å²) in [5.74, 6) is 0. The van der Waals surface area contributed by atoms with Gasteiger partial charge in [0.1, 0.15) is 0 Å². The first-order valence-corrected chi connectivity index (χ1v) is 5.44. The van der Waals surface area contributed by atoms with Crippen LogP contribution in [0.1, 0.15) is 39.0 Å². The standard InChI is InChI=1S/C12H22O2/c1-2-14-12-10-8-6-4-3-5-7-9-11-13/h3-4,10,12-13H,2,5-9,11H2,1H3/b4-3-,12-10-. The molecule has 0 aliphatic rings. The second-order valence-corrected chi connectivity index (χ2v) is 3.10. The molecule has 0 aromatic heterocycles. The molecule has 14 heavy (non-hydrogen) atoms. The zero-order chi connectivity index (χ0) is 10.5. The molecule has 0 radical (unpaired) electrons. The van der Waals surface area contributed by atoms with Crippen molar-refractivity contribution >= 4 is 0 Å². The molecule has 0 aromatic carbocycles. The minimum absolute atomic E-state index is 0.310. The van der Waals surface area contributed by atoms with Crippen molar-refractivity contribution in [2.45, 2.75) is 39.0 Å². The van der Waals surface area contributed by atoms with Crippen LogP contribution in [-0.4, -0.2) is 18.3 Å². The van der Waals surface area contributed by atoms with E-state index in [9.17, 15) is 0 Å². The molecule has 0 unspecified atom stereocenters. The molecular weight excluding hydrogens is 176 g/mol. The van der Waals surface area contributed by atoms with Crippen molar-refractivity contribution in [3.8, 4) is 0 Å². The van der Waals surface area contributed by atoms with Gasteiger partial charge in [-0.2, -0.15) is 0 Å². The molecule has 2 heteroatoms. The topological polar surface area (TPSA) is 29.5 Å². The number of ether oxygens (including phenoxy) is 1. The van der Waals surface area contributed by atoms with Gasteiger partial charge in [0.05, 0.1) is 12.9 Å². The monoisotopic (exact) mass is 198 g/mol. The lowest BCUT2D eigenvalue weighted by atomic mass is 10.2. The fourth-order valence-corrected chi connectivity index (χ4v) is 1.03. The second kappa shape index (κ2) is 12.2. The van der Waals surface area contributed by atoms with Crippen molar-refractivity contribution in [2.75, 3.05) is 13.2 Å². The third-order valence-corrected chi connectivity index (χ3v) is 1.80. The summed E-state index contributed by atoms with van der Waals surface area (Å²) in [5.41, 5.74) is 0. The van der Waals surface area contributed by atoms with Gasteiger partial charge in [0.15, 0.2) is 0 Å². The summed E-state index contributed by atoms with van der Waals surface area (Å²) in [6.07, 6.45) is 13.4. The molecule has 82 valence electrons. The maximum Gasteiger partial charge on any atom is 0.0845 e. The quantitative estimate of drug-likeness (QED) is 0.350. The summed E-state index contributed by atoms with van der Waals surface area (Å²) in [7, 11) is 0. The average Bonchev–Trinajstić information content (AvgIpc) is 2.21. The van der Waals surface area contributed by atoms with Crippen LogP contribution in [0.2, 0.25) is 0 Å². The van der Waals surface area contributed by atoms with Gasteiger partial charge in [0.2, 0.25) is 0 Å². The molecule has 0 aliphatic carbocycles. The van der Waals surface area contributed by atoms with Gasteiger partial charge >= 0.3 is 0 Å². The Morgan fingerprint density at radius 1 is 1.00 bits per heavy atom. The molecule has 0 rings (SSSR count). The van der Waals surface area contributed by atoms with E-state index < -0.39 is 0 Å². The van der Waals surface area contributed by atoms with Gasteiger partial charge in [0.25, 0.3) is 0 Å². The van der Waals surface area contributed by atoms with E-state index in [0.717, 1.165) is 38.7 Å². The van der Waals surface area contributed by atoms with Gasteiger partial charge in [-0.3, -0.25) is 0 Å². The van der Waals surface area contributed by atoms with E-state index in [-0.39, 0.29) is 0 Å².